The molecule has 31 heavy (non-hydrogen) atoms. The van der Waals surface area contributed by atoms with Crippen molar-refractivity contribution in [1.29, 1.82) is 0 Å². The number of nitrogens with zero attached hydrogens (tertiary/aromatic N) is 1. The molecular formula is C25H17BrN2O2S. The van der Waals surface area contributed by atoms with Gasteiger partial charge in [-0.3, -0.25) is 4.79 Å². The van der Waals surface area contributed by atoms with Crippen molar-refractivity contribution < 1.29 is 9.53 Å². The molecule has 0 aliphatic carbocycles. The lowest BCUT2D eigenvalue weighted by atomic mass is 10.0. The SMILES string of the molecule is COc1c(C(=O)Nc2ccc(-c3nc4ccccc4s3)cc2)cc2ccccc2c1Br. The highest BCUT2D eigenvalue weighted by atomic mass is 79.9. The second-order valence-electron chi connectivity index (χ2n) is 7.01. The number of rotatable bonds is 4. The number of amides is 1. The predicted molar refractivity (Wildman–Crippen MR) is 131 cm³/mol. The molecule has 0 fully saturated rings. The molecule has 1 heterocycles. The molecular weight excluding hydrogens is 472 g/mol. The van der Waals surface area contributed by atoms with Crippen LogP contribution in [-0.2, 0) is 0 Å². The number of halogens is 1. The average Bonchev–Trinajstić information content (AvgIpc) is 3.24. The molecule has 4 nitrogen and oxygen atoms in total. The summed E-state index contributed by atoms with van der Waals surface area (Å²) in [5.74, 6) is 0.290. The van der Waals surface area contributed by atoms with Gasteiger partial charge in [0, 0.05) is 11.3 Å². The van der Waals surface area contributed by atoms with Crippen molar-refractivity contribution in [2.45, 2.75) is 0 Å². The maximum Gasteiger partial charge on any atom is 0.259 e. The van der Waals surface area contributed by atoms with E-state index in [2.05, 4.69) is 27.3 Å². The van der Waals surface area contributed by atoms with Crippen molar-refractivity contribution in [3.8, 4) is 16.3 Å². The van der Waals surface area contributed by atoms with Crippen LogP contribution in [0.4, 0.5) is 5.69 Å². The van der Waals surface area contributed by atoms with E-state index in [1.54, 1.807) is 18.4 Å². The van der Waals surface area contributed by atoms with Crippen molar-refractivity contribution >= 4 is 59.9 Å². The summed E-state index contributed by atoms with van der Waals surface area (Å²) < 4.78 is 7.46. The Labute approximate surface area is 191 Å². The van der Waals surface area contributed by atoms with Gasteiger partial charge in [0.05, 0.1) is 27.4 Å². The molecule has 0 saturated heterocycles. The third kappa shape index (κ3) is 3.69. The van der Waals surface area contributed by atoms with Gasteiger partial charge in [-0.1, -0.05) is 36.4 Å². The molecule has 6 heteroatoms. The number of nitrogens with one attached hydrogen (secondary N) is 1. The minimum Gasteiger partial charge on any atom is -0.495 e. The van der Waals surface area contributed by atoms with Crippen molar-refractivity contribution in [2.75, 3.05) is 12.4 Å². The first kappa shape index (κ1) is 19.7. The Morgan fingerprint density at radius 1 is 1.00 bits per heavy atom. The molecule has 4 aromatic carbocycles. The van der Waals surface area contributed by atoms with E-state index in [9.17, 15) is 4.79 Å². The van der Waals surface area contributed by atoms with Crippen molar-refractivity contribution in [2.24, 2.45) is 0 Å². The largest absolute Gasteiger partial charge is 0.495 e. The molecule has 5 rings (SSSR count). The zero-order chi connectivity index (χ0) is 21.4. The van der Waals surface area contributed by atoms with Crippen LogP contribution in [0.15, 0.2) is 83.3 Å². The van der Waals surface area contributed by atoms with Gasteiger partial charge in [0.2, 0.25) is 0 Å². The van der Waals surface area contributed by atoms with E-state index in [1.165, 1.54) is 0 Å². The Bertz CT molecular complexity index is 1390. The minimum atomic E-state index is -0.226. The number of benzene rings is 4. The number of methoxy groups -OCH3 is 1. The summed E-state index contributed by atoms with van der Waals surface area (Å²) in [7, 11) is 1.57. The summed E-state index contributed by atoms with van der Waals surface area (Å²) in [4.78, 5) is 17.7. The quantitative estimate of drug-likeness (QED) is 0.292. The second kappa shape index (κ2) is 8.13. The summed E-state index contributed by atoms with van der Waals surface area (Å²) in [6.07, 6.45) is 0. The average molecular weight is 489 g/mol. The standard InChI is InChI=1S/C25H17BrN2O2S/c1-30-23-19(14-16-6-2-3-7-18(16)22(23)26)24(29)27-17-12-10-15(11-13-17)25-28-20-8-4-5-9-21(20)31-25/h2-14H,1H3,(H,27,29). The third-order valence-electron chi connectivity index (χ3n) is 5.07. The second-order valence-corrected chi connectivity index (χ2v) is 8.83. The number of fused-ring (bicyclic) bond motifs is 2. The lowest BCUT2D eigenvalue weighted by Crippen LogP contribution is -2.13. The molecule has 0 radical (unpaired) electrons. The fraction of sp³-hybridized carbons (Fsp3) is 0.0400. The predicted octanol–water partition coefficient (Wildman–Crippen LogP) is 7.14. The van der Waals surface area contributed by atoms with Crippen LogP contribution in [0, 0.1) is 0 Å². The summed E-state index contributed by atoms with van der Waals surface area (Å²) in [6.45, 7) is 0. The van der Waals surface area contributed by atoms with Gasteiger partial charge in [-0.2, -0.15) is 0 Å². The Balaban J connectivity index is 1.43. The first-order chi connectivity index (χ1) is 15.1. The summed E-state index contributed by atoms with van der Waals surface area (Å²) in [5.41, 5.74) is 3.20. The van der Waals surface area contributed by atoms with Crippen LogP contribution >= 0.6 is 27.3 Å². The van der Waals surface area contributed by atoms with Gasteiger partial charge >= 0.3 is 0 Å². The maximum atomic E-state index is 13.0. The van der Waals surface area contributed by atoms with E-state index in [1.807, 2.05) is 72.8 Å². The van der Waals surface area contributed by atoms with E-state index in [4.69, 9.17) is 9.72 Å². The Morgan fingerprint density at radius 2 is 1.74 bits per heavy atom. The smallest absolute Gasteiger partial charge is 0.259 e. The normalized spacial score (nSPS) is 11.0. The van der Waals surface area contributed by atoms with E-state index in [0.717, 1.165) is 36.0 Å². The van der Waals surface area contributed by atoms with Crippen molar-refractivity contribution in [3.05, 3.63) is 88.9 Å². The highest BCUT2D eigenvalue weighted by molar-refractivity contribution is 9.10. The lowest BCUT2D eigenvalue weighted by molar-refractivity contribution is 0.102. The number of ether oxygens (including phenoxy) is 1. The number of thiazole rings is 1. The fourth-order valence-electron chi connectivity index (χ4n) is 3.54. The van der Waals surface area contributed by atoms with E-state index in [-0.39, 0.29) is 5.91 Å². The molecule has 0 bridgehead atoms. The highest BCUT2D eigenvalue weighted by Crippen LogP contribution is 2.37. The van der Waals surface area contributed by atoms with Gasteiger partial charge < -0.3 is 10.1 Å². The molecule has 0 aliphatic heterocycles. The molecule has 152 valence electrons. The topological polar surface area (TPSA) is 51.2 Å². The number of hydrogen-bond acceptors (Lipinski definition) is 4. The molecule has 0 aliphatic rings. The molecule has 1 aromatic heterocycles. The van der Waals surface area contributed by atoms with Crippen LogP contribution in [0.5, 0.6) is 5.75 Å². The van der Waals surface area contributed by atoms with Crippen LogP contribution in [0.3, 0.4) is 0 Å². The van der Waals surface area contributed by atoms with E-state index < -0.39 is 0 Å². The maximum absolute atomic E-state index is 13.0. The minimum absolute atomic E-state index is 0.226. The summed E-state index contributed by atoms with van der Waals surface area (Å²) >= 11 is 5.24. The van der Waals surface area contributed by atoms with Gasteiger partial charge in [0.25, 0.3) is 5.91 Å². The fourth-order valence-corrected chi connectivity index (χ4v) is 5.25. The van der Waals surface area contributed by atoms with Gasteiger partial charge in [-0.15, -0.1) is 11.3 Å². The summed E-state index contributed by atoms with van der Waals surface area (Å²) in [5, 5.41) is 5.89. The third-order valence-corrected chi connectivity index (χ3v) is 6.95. The van der Waals surface area contributed by atoms with E-state index >= 15 is 0 Å². The van der Waals surface area contributed by atoms with Gasteiger partial charge in [0.15, 0.2) is 0 Å². The molecule has 1 amide bonds. The molecule has 5 aromatic rings. The number of carbonyl (C=O) groups is 1. The van der Waals surface area contributed by atoms with Gasteiger partial charge in [-0.05, 0) is 69.2 Å². The van der Waals surface area contributed by atoms with Crippen LogP contribution in [0.2, 0.25) is 0 Å². The monoisotopic (exact) mass is 488 g/mol. The summed E-state index contributed by atoms with van der Waals surface area (Å²) in [6, 6.07) is 25.5. The van der Waals surface area contributed by atoms with Crippen LogP contribution in [-0.4, -0.2) is 18.0 Å². The molecule has 0 saturated carbocycles. The molecule has 0 spiro atoms. The molecule has 0 unspecified atom stereocenters. The lowest BCUT2D eigenvalue weighted by Gasteiger charge is -2.13. The number of aromatic nitrogens is 1. The van der Waals surface area contributed by atoms with Gasteiger partial charge in [-0.25, -0.2) is 4.98 Å². The Kier molecular flexibility index (Phi) is 5.18. The zero-order valence-corrected chi connectivity index (χ0v) is 19.0. The Hall–Kier alpha value is -3.22. The van der Waals surface area contributed by atoms with E-state index in [0.29, 0.717) is 17.0 Å². The Morgan fingerprint density at radius 3 is 2.52 bits per heavy atom. The first-order valence-corrected chi connectivity index (χ1v) is 11.3. The van der Waals surface area contributed by atoms with Crippen molar-refractivity contribution in [3.63, 3.8) is 0 Å². The number of hydrogen-bond donors (Lipinski definition) is 1. The number of carbonyl (C=O) groups excluding carboxylic acids is 1. The van der Waals surface area contributed by atoms with Crippen LogP contribution < -0.4 is 10.1 Å². The number of para-hydroxylation sites is 1. The molecule has 1 N–H and O–H groups in total. The van der Waals surface area contributed by atoms with Crippen molar-refractivity contribution in [1.82, 2.24) is 4.98 Å². The first-order valence-electron chi connectivity index (χ1n) is 9.66. The van der Waals surface area contributed by atoms with Gasteiger partial charge in [0.1, 0.15) is 10.8 Å². The van der Waals surface area contributed by atoms with Crippen LogP contribution in [0.25, 0.3) is 31.6 Å². The highest BCUT2D eigenvalue weighted by Gasteiger charge is 2.18. The zero-order valence-electron chi connectivity index (χ0n) is 16.6. The van der Waals surface area contributed by atoms with Crippen LogP contribution in [0.1, 0.15) is 10.4 Å². The molecule has 0 atom stereocenters. The number of anilines is 1.